The zero-order chi connectivity index (χ0) is 12.6. The highest BCUT2D eigenvalue weighted by molar-refractivity contribution is 5.78. The Hall–Kier alpha value is -1.44. The maximum absolute atomic E-state index is 11.7. The van der Waals surface area contributed by atoms with Crippen LogP contribution < -0.4 is 0 Å². The van der Waals surface area contributed by atoms with Crippen molar-refractivity contribution in [3.05, 3.63) is 42.2 Å². The van der Waals surface area contributed by atoms with Crippen LogP contribution in [0.1, 0.15) is 56.6 Å². The molecule has 0 saturated heterocycles. The van der Waals surface area contributed by atoms with Crippen molar-refractivity contribution >= 4 is 5.78 Å². The summed E-state index contributed by atoms with van der Waals surface area (Å²) in [7, 11) is 0. The normalized spacial score (nSPS) is 22.4. The third-order valence-corrected chi connectivity index (χ3v) is 3.50. The molecule has 0 bridgehead atoms. The Labute approximate surface area is 109 Å². The maximum Gasteiger partial charge on any atom is 0.132 e. The van der Waals surface area contributed by atoms with Crippen molar-refractivity contribution in [2.45, 2.75) is 50.9 Å². The van der Waals surface area contributed by atoms with Gasteiger partial charge in [-0.05, 0) is 37.8 Å². The Morgan fingerprint density at radius 1 is 1.11 bits per heavy atom. The summed E-state index contributed by atoms with van der Waals surface area (Å²) < 4.78 is 0. The smallest absolute Gasteiger partial charge is 0.132 e. The van der Waals surface area contributed by atoms with Crippen LogP contribution in [0, 0.1) is 0 Å². The molecule has 1 atom stereocenters. The molecule has 0 fully saturated rings. The molecule has 0 spiro atoms. The molecule has 96 valence electrons. The van der Waals surface area contributed by atoms with Crippen LogP contribution in [0.3, 0.4) is 0 Å². The first-order valence-corrected chi connectivity index (χ1v) is 6.95. The number of hydrogen-bond donors (Lipinski definition) is 0. The monoisotopic (exact) mass is 243 g/mol. The molecule has 2 heteroatoms. The third kappa shape index (κ3) is 4.10. The van der Waals surface area contributed by atoms with E-state index in [2.05, 4.69) is 23.2 Å². The average Bonchev–Trinajstić information content (AvgIpc) is 2.45. The Morgan fingerprint density at radius 3 is 2.89 bits per heavy atom. The predicted octanol–water partition coefficient (Wildman–Crippen LogP) is 4.03. The van der Waals surface area contributed by atoms with E-state index in [4.69, 9.17) is 0 Å². The summed E-state index contributed by atoms with van der Waals surface area (Å²) >= 11 is 0. The molecule has 1 aromatic rings. The highest BCUT2D eigenvalue weighted by atomic mass is 16.1. The molecular weight excluding hydrogens is 222 g/mol. The fraction of sp³-hybridized carbons (Fsp3) is 0.500. The summed E-state index contributed by atoms with van der Waals surface area (Å²) in [5.74, 6) is 0.708. The molecule has 0 saturated carbocycles. The van der Waals surface area contributed by atoms with E-state index in [0.29, 0.717) is 18.1 Å². The summed E-state index contributed by atoms with van der Waals surface area (Å²) in [6.45, 7) is 0. The summed E-state index contributed by atoms with van der Waals surface area (Å²) in [6.07, 6.45) is 13.2. The average molecular weight is 243 g/mol. The van der Waals surface area contributed by atoms with Crippen LogP contribution in [0.15, 0.2) is 36.5 Å². The highest BCUT2D eigenvalue weighted by Crippen LogP contribution is 2.23. The molecule has 1 unspecified atom stereocenters. The van der Waals surface area contributed by atoms with E-state index in [-0.39, 0.29) is 0 Å². The van der Waals surface area contributed by atoms with Crippen LogP contribution in [0.2, 0.25) is 0 Å². The minimum Gasteiger partial charge on any atom is -0.300 e. The molecule has 0 N–H and O–H groups in total. The van der Waals surface area contributed by atoms with Gasteiger partial charge in [0, 0.05) is 30.7 Å². The van der Waals surface area contributed by atoms with Gasteiger partial charge in [-0.1, -0.05) is 24.6 Å². The Morgan fingerprint density at radius 2 is 2.06 bits per heavy atom. The van der Waals surface area contributed by atoms with Crippen molar-refractivity contribution in [1.29, 1.82) is 0 Å². The van der Waals surface area contributed by atoms with Gasteiger partial charge in [-0.3, -0.25) is 9.78 Å². The van der Waals surface area contributed by atoms with Gasteiger partial charge in [0.25, 0.3) is 0 Å². The van der Waals surface area contributed by atoms with Crippen molar-refractivity contribution < 1.29 is 4.79 Å². The molecule has 1 aliphatic rings. The zero-order valence-corrected chi connectivity index (χ0v) is 10.8. The van der Waals surface area contributed by atoms with E-state index in [1.165, 1.54) is 12.8 Å². The lowest BCUT2D eigenvalue weighted by molar-refractivity contribution is -0.119. The third-order valence-electron chi connectivity index (χ3n) is 3.50. The molecule has 0 aromatic carbocycles. The summed E-state index contributed by atoms with van der Waals surface area (Å²) in [5.41, 5.74) is 1.08. The first-order valence-electron chi connectivity index (χ1n) is 6.95. The Bertz CT molecular complexity index is 397. The SMILES string of the molecule is O=C1CCCCCC=CC(c2ccccn2)CC1. The van der Waals surface area contributed by atoms with Gasteiger partial charge in [0.15, 0.2) is 0 Å². The number of rotatable bonds is 1. The zero-order valence-electron chi connectivity index (χ0n) is 10.8. The van der Waals surface area contributed by atoms with Crippen LogP contribution in [0.4, 0.5) is 0 Å². The van der Waals surface area contributed by atoms with E-state index in [9.17, 15) is 4.79 Å². The first-order chi connectivity index (χ1) is 8.86. The van der Waals surface area contributed by atoms with Crippen LogP contribution in [-0.2, 0) is 4.79 Å². The Kier molecular flexibility index (Phi) is 5.13. The van der Waals surface area contributed by atoms with Crippen LogP contribution >= 0.6 is 0 Å². The molecule has 2 rings (SSSR count). The van der Waals surface area contributed by atoms with Crippen molar-refractivity contribution in [3.63, 3.8) is 0 Å². The molecule has 0 radical (unpaired) electrons. The van der Waals surface area contributed by atoms with Crippen LogP contribution in [0.5, 0.6) is 0 Å². The highest BCUT2D eigenvalue weighted by Gasteiger charge is 2.12. The van der Waals surface area contributed by atoms with E-state index >= 15 is 0 Å². The first kappa shape index (κ1) is 13.0. The molecule has 1 heterocycles. The molecule has 1 aromatic heterocycles. The Balaban J connectivity index is 2.07. The van der Waals surface area contributed by atoms with E-state index in [1.807, 2.05) is 18.3 Å². The lowest BCUT2D eigenvalue weighted by Gasteiger charge is -2.11. The lowest BCUT2D eigenvalue weighted by Crippen LogP contribution is -2.03. The van der Waals surface area contributed by atoms with Gasteiger partial charge >= 0.3 is 0 Å². The van der Waals surface area contributed by atoms with Gasteiger partial charge in [0.05, 0.1) is 0 Å². The van der Waals surface area contributed by atoms with Gasteiger partial charge in [-0.15, -0.1) is 0 Å². The van der Waals surface area contributed by atoms with Crippen LogP contribution in [0.25, 0.3) is 0 Å². The number of carbonyl (C=O) groups is 1. The van der Waals surface area contributed by atoms with Gasteiger partial charge in [0.2, 0.25) is 0 Å². The molecule has 18 heavy (non-hydrogen) atoms. The standard InChI is InChI=1S/C16H21NO/c18-15-9-5-3-1-2-4-8-14(11-12-15)16-10-6-7-13-17-16/h4,6-8,10,13-14H,1-3,5,9,11-12H2. The number of ketones is 1. The number of hydrogen-bond acceptors (Lipinski definition) is 2. The van der Waals surface area contributed by atoms with Crippen molar-refractivity contribution in [3.8, 4) is 0 Å². The van der Waals surface area contributed by atoms with Gasteiger partial charge < -0.3 is 0 Å². The second-order valence-corrected chi connectivity index (χ2v) is 4.97. The quantitative estimate of drug-likeness (QED) is 0.697. The number of pyridine rings is 1. The van der Waals surface area contributed by atoms with E-state index < -0.39 is 0 Å². The topological polar surface area (TPSA) is 30.0 Å². The predicted molar refractivity (Wildman–Crippen MR) is 73.4 cm³/mol. The second kappa shape index (κ2) is 7.10. The number of allylic oxidation sites excluding steroid dienone is 2. The largest absolute Gasteiger partial charge is 0.300 e. The fourth-order valence-electron chi connectivity index (χ4n) is 2.40. The van der Waals surface area contributed by atoms with E-state index in [0.717, 1.165) is 31.4 Å². The molecular formula is C16H21NO. The minimum atomic E-state index is 0.299. The fourth-order valence-corrected chi connectivity index (χ4v) is 2.40. The van der Waals surface area contributed by atoms with Crippen molar-refractivity contribution in [2.75, 3.05) is 0 Å². The lowest BCUT2D eigenvalue weighted by atomic mass is 9.96. The summed E-state index contributed by atoms with van der Waals surface area (Å²) in [4.78, 5) is 16.2. The number of carbonyl (C=O) groups excluding carboxylic acids is 1. The molecule has 1 aliphatic carbocycles. The minimum absolute atomic E-state index is 0.299. The summed E-state index contributed by atoms with van der Waals surface area (Å²) in [5, 5.41) is 0. The van der Waals surface area contributed by atoms with Crippen molar-refractivity contribution in [2.24, 2.45) is 0 Å². The van der Waals surface area contributed by atoms with E-state index in [1.54, 1.807) is 0 Å². The number of aromatic nitrogens is 1. The van der Waals surface area contributed by atoms with Gasteiger partial charge in [0.1, 0.15) is 5.78 Å². The van der Waals surface area contributed by atoms with Crippen molar-refractivity contribution in [1.82, 2.24) is 4.98 Å². The van der Waals surface area contributed by atoms with Gasteiger partial charge in [-0.25, -0.2) is 0 Å². The maximum atomic E-state index is 11.7. The molecule has 0 aliphatic heterocycles. The second-order valence-electron chi connectivity index (χ2n) is 4.97. The molecule has 0 amide bonds. The molecule has 2 nitrogen and oxygen atoms in total. The van der Waals surface area contributed by atoms with Crippen LogP contribution in [-0.4, -0.2) is 10.8 Å². The number of nitrogens with zero attached hydrogens (tertiary/aromatic N) is 1. The van der Waals surface area contributed by atoms with Gasteiger partial charge in [-0.2, -0.15) is 0 Å². The number of Topliss-reactive ketones (excluding diaryl/α,β-unsaturated/α-hetero) is 1. The summed E-state index contributed by atoms with van der Waals surface area (Å²) in [6, 6.07) is 6.01.